The lowest BCUT2D eigenvalue weighted by Gasteiger charge is -2.34. The van der Waals surface area contributed by atoms with Gasteiger partial charge in [0, 0.05) is 12.6 Å². The van der Waals surface area contributed by atoms with E-state index in [1.165, 1.54) is 6.33 Å². The second-order valence-electron chi connectivity index (χ2n) is 7.25. The Morgan fingerprint density at radius 1 is 1.25 bits per heavy atom. The van der Waals surface area contributed by atoms with Crippen molar-refractivity contribution in [2.45, 2.75) is 12.5 Å². The Morgan fingerprint density at radius 3 is 2.84 bits per heavy atom. The molecule has 0 aliphatic carbocycles. The van der Waals surface area contributed by atoms with E-state index >= 15 is 0 Å². The van der Waals surface area contributed by atoms with Gasteiger partial charge in [0.25, 0.3) is 5.56 Å². The van der Waals surface area contributed by atoms with Gasteiger partial charge in [-0.2, -0.15) is 10.4 Å². The summed E-state index contributed by atoms with van der Waals surface area (Å²) in [5, 5.41) is 18.1. The Hall–Kier alpha value is -3.75. The van der Waals surface area contributed by atoms with E-state index in [4.69, 9.17) is 27.1 Å². The topological polar surface area (TPSA) is 139 Å². The normalized spacial score (nSPS) is 18.3. The molecule has 11 nitrogen and oxygen atoms in total. The molecule has 5 rings (SSSR count). The molecule has 2 aliphatic rings. The van der Waals surface area contributed by atoms with Crippen molar-refractivity contribution in [2.24, 2.45) is 5.10 Å². The predicted octanol–water partition coefficient (Wildman–Crippen LogP) is 1.20. The van der Waals surface area contributed by atoms with Gasteiger partial charge in [-0.1, -0.05) is 17.7 Å². The number of nitrogen functional groups attached to an aromatic ring is 1. The van der Waals surface area contributed by atoms with Gasteiger partial charge in [-0.3, -0.25) is 4.79 Å². The molecule has 1 fully saturated rings. The Bertz CT molecular complexity index is 1330. The summed E-state index contributed by atoms with van der Waals surface area (Å²) in [7, 11) is 0. The zero-order valence-corrected chi connectivity index (χ0v) is 17.6. The summed E-state index contributed by atoms with van der Waals surface area (Å²) in [5.74, 6) is 0.778. The van der Waals surface area contributed by atoms with Gasteiger partial charge >= 0.3 is 0 Å². The molecule has 0 radical (unpaired) electrons. The molecule has 1 aromatic carbocycles. The third kappa shape index (κ3) is 3.21. The fourth-order valence-corrected chi connectivity index (χ4v) is 4.19. The number of nitrogens with two attached hydrogens (primary N) is 1. The van der Waals surface area contributed by atoms with Crippen molar-refractivity contribution in [3.63, 3.8) is 0 Å². The second-order valence-corrected chi connectivity index (χ2v) is 7.66. The third-order valence-corrected chi connectivity index (χ3v) is 5.75. The summed E-state index contributed by atoms with van der Waals surface area (Å²) in [6, 6.07) is 6.72. The number of anilines is 2. The molecule has 1 atom stereocenters. The summed E-state index contributed by atoms with van der Waals surface area (Å²) in [6.07, 6.45) is 3.43. The van der Waals surface area contributed by atoms with E-state index < -0.39 is 6.04 Å². The molecule has 2 N–H and O–H groups in total. The van der Waals surface area contributed by atoms with Crippen LogP contribution >= 0.6 is 11.6 Å². The number of halogens is 1. The van der Waals surface area contributed by atoms with Gasteiger partial charge < -0.3 is 15.5 Å². The molecule has 2 aliphatic heterocycles. The second kappa shape index (κ2) is 8.07. The van der Waals surface area contributed by atoms with E-state index in [2.05, 4.69) is 15.1 Å². The monoisotopic (exact) mass is 451 g/mol. The number of nitrogens with zero attached hydrogens (tertiary/aromatic N) is 8. The van der Waals surface area contributed by atoms with Crippen LogP contribution in [0.2, 0.25) is 5.02 Å². The molecule has 162 valence electrons. The molecule has 2 aromatic heterocycles. The van der Waals surface area contributed by atoms with Gasteiger partial charge in [0.2, 0.25) is 0 Å². The third-order valence-electron chi connectivity index (χ3n) is 5.43. The van der Waals surface area contributed by atoms with E-state index in [1.807, 2.05) is 11.1 Å². The zero-order valence-electron chi connectivity index (χ0n) is 16.8. The predicted molar refractivity (Wildman–Crippen MR) is 119 cm³/mol. The number of hydrogen-bond acceptors (Lipinski definition) is 10. The fraction of sp³-hybridized carbons (Fsp3) is 0.300. The van der Waals surface area contributed by atoms with Crippen molar-refractivity contribution in [1.82, 2.24) is 19.6 Å². The number of benzene rings is 1. The van der Waals surface area contributed by atoms with Crippen LogP contribution in [0.25, 0.3) is 10.9 Å². The first-order valence-corrected chi connectivity index (χ1v) is 10.3. The molecule has 0 bridgehead atoms. The standard InChI is InChI=1S/C20H18ClN9O2/c21-13-2-1-3-14-16(13)20(31)30(28-6-8-32-9-7-28)19(27-14)15-4-5-26-29(15)18-12(10-22)17(23)24-11-25-18/h1-3,5,11,15H,4,6-9H2,(H2,23,24,25). The first-order valence-electron chi connectivity index (χ1n) is 9.96. The average Bonchev–Trinajstić information content (AvgIpc) is 3.29. The number of fused-ring (bicyclic) bond motifs is 1. The summed E-state index contributed by atoms with van der Waals surface area (Å²) in [6.45, 7) is 2.00. The Balaban J connectivity index is 1.72. The van der Waals surface area contributed by atoms with Crippen LogP contribution in [0, 0.1) is 11.3 Å². The first-order chi connectivity index (χ1) is 15.6. The molecule has 0 amide bonds. The maximum absolute atomic E-state index is 13.6. The highest BCUT2D eigenvalue weighted by Gasteiger charge is 2.34. The van der Waals surface area contributed by atoms with Crippen LogP contribution in [0.4, 0.5) is 11.6 Å². The van der Waals surface area contributed by atoms with Crippen LogP contribution in [0.15, 0.2) is 34.4 Å². The molecule has 32 heavy (non-hydrogen) atoms. The molecular weight excluding hydrogens is 434 g/mol. The average molecular weight is 452 g/mol. The number of nitriles is 1. The molecule has 4 heterocycles. The van der Waals surface area contributed by atoms with Crippen molar-refractivity contribution < 1.29 is 4.74 Å². The summed E-state index contributed by atoms with van der Waals surface area (Å²) in [4.78, 5) is 26.6. The lowest BCUT2D eigenvalue weighted by molar-refractivity contribution is 0.110. The van der Waals surface area contributed by atoms with E-state index in [9.17, 15) is 10.1 Å². The van der Waals surface area contributed by atoms with Crippen LogP contribution in [0.5, 0.6) is 0 Å². The van der Waals surface area contributed by atoms with Gasteiger partial charge in [0.1, 0.15) is 29.8 Å². The van der Waals surface area contributed by atoms with E-state index in [-0.39, 0.29) is 22.8 Å². The largest absolute Gasteiger partial charge is 0.382 e. The van der Waals surface area contributed by atoms with Gasteiger partial charge in [0.15, 0.2) is 11.6 Å². The van der Waals surface area contributed by atoms with E-state index in [0.29, 0.717) is 54.5 Å². The van der Waals surface area contributed by atoms with Crippen LogP contribution in [0.3, 0.4) is 0 Å². The molecule has 0 spiro atoms. The lowest BCUT2D eigenvalue weighted by atomic mass is 10.1. The first kappa shape index (κ1) is 20.2. The van der Waals surface area contributed by atoms with Crippen LogP contribution in [0.1, 0.15) is 23.9 Å². The molecule has 1 unspecified atom stereocenters. The number of rotatable bonds is 3. The van der Waals surface area contributed by atoms with Crippen molar-refractivity contribution in [1.29, 1.82) is 5.26 Å². The zero-order chi connectivity index (χ0) is 22.2. The maximum Gasteiger partial charge on any atom is 0.281 e. The SMILES string of the molecule is N#Cc1c(N)ncnc1N1N=CCC1c1nc2cccc(Cl)c2c(=O)n1N1CCOCC1. The highest BCUT2D eigenvalue weighted by Crippen LogP contribution is 2.34. The van der Waals surface area contributed by atoms with Crippen LogP contribution < -0.4 is 21.3 Å². The highest BCUT2D eigenvalue weighted by atomic mass is 35.5. The Labute approximate surface area is 187 Å². The molecule has 3 aromatic rings. The summed E-state index contributed by atoms with van der Waals surface area (Å²) in [5.41, 5.74) is 6.21. The summed E-state index contributed by atoms with van der Waals surface area (Å²) >= 11 is 6.37. The minimum atomic E-state index is -0.490. The van der Waals surface area contributed by atoms with Crippen LogP contribution in [-0.2, 0) is 4.74 Å². The van der Waals surface area contributed by atoms with Gasteiger partial charge in [-0.05, 0) is 12.1 Å². The lowest BCUT2D eigenvalue weighted by Crippen LogP contribution is -2.51. The number of hydrazone groups is 1. The number of morpholine rings is 1. The molecular formula is C20H18ClN9O2. The summed E-state index contributed by atoms with van der Waals surface area (Å²) < 4.78 is 7.02. The van der Waals surface area contributed by atoms with Crippen molar-refractivity contribution >= 4 is 40.4 Å². The van der Waals surface area contributed by atoms with Gasteiger partial charge in [-0.25, -0.2) is 24.6 Å². The molecule has 1 saturated heterocycles. The van der Waals surface area contributed by atoms with E-state index in [0.717, 1.165) is 0 Å². The quantitative estimate of drug-likeness (QED) is 0.622. The molecule has 12 heteroatoms. The fourth-order valence-electron chi connectivity index (χ4n) is 3.94. The number of ether oxygens (including phenoxy) is 1. The minimum Gasteiger partial charge on any atom is -0.382 e. The Morgan fingerprint density at radius 2 is 2.06 bits per heavy atom. The number of hydrogen-bond donors (Lipinski definition) is 1. The Kier molecular flexibility index (Phi) is 5.08. The van der Waals surface area contributed by atoms with Crippen LogP contribution in [-0.4, -0.2) is 52.1 Å². The van der Waals surface area contributed by atoms with Crippen molar-refractivity contribution in [3.05, 3.63) is 51.3 Å². The maximum atomic E-state index is 13.6. The smallest absolute Gasteiger partial charge is 0.281 e. The van der Waals surface area contributed by atoms with Gasteiger partial charge in [0.05, 0.1) is 42.2 Å². The van der Waals surface area contributed by atoms with Crippen molar-refractivity contribution in [3.8, 4) is 6.07 Å². The highest BCUT2D eigenvalue weighted by molar-refractivity contribution is 6.35. The molecule has 0 saturated carbocycles. The van der Waals surface area contributed by atoms with E-state index in [1.54, 1.807) is 34.1 Å². The van der Waals surface area contributed by atoms with Crippen molar-refractivity contribution in [2.75, 3.05) is 42.1 Å². The van der Waals surface area contributed by atoms with Gasteiger partial charge in [-0.15, -0.1) is 0 Å². The minimum absolute atomic E-state index is 0.0576. The number of aromatic nitrogens is 4.